The Bertz CT molecular complexity index is 5540. The van der Waals surface area contributed by atoms with Gasteiger partial charge in [-0.1, -0.05) is 156 Å². The molecule has 0 N–H and O–H groups in total. The van der Waals surface area contributed by atoms with Gasteiger partial charge in [0.25, 0.3) is 17.8 Å². The van der Waals surface area contributed by atoms with Gasteiger partial charge in [0.1, 0.15) is 53.4 Å². The van der Waals surface area contributed by atoms with Crippen LogP contribution in [0.3, 0.4) is 0 Å². The molecule has 6 aliphatic carbocycles. The van der Waals surface area contributed by atoms with Gasteiger partial charge >= 0.3 is 17.9 Å². The third-order valence-corrected chi connectivity index (χ3v) is 33.9. The number of hydrogen-bond acceptors (Lipinski definition) is 24. The van der Waals surface area contributed by atoms with Gasteiger partial charge in [-0.05, 0) is 198 Å². The van der Waals surface area contributed by atoms with Crippen LogP contribution < -0.4 is 28.4 Å². The molecule has 9 heterocycles. The number of aromatic nitrogens is 6. The Kier molecular flexibility index (Phi) is 37.3. The van der Waals surface area contributed by atoms with Gasteiger partial charge in [0, 0.05) is 99.0 Å². The summed E-state index contributed by atoms with van der Waals surface area (Å²) in [5.41, 5.74) is -1.82. The number of esters is 3. The predicted molar refractivity (Wildman–Crippen MR) is 509 cm³/mol. The maximum Gasteiger partial charge on any atom is 0.307 e. The van der Waals surface area contributed by atoms with Crippen molar-refractivity contribution in [1.29, 1.82) is 0 Å². The van der Waals surface area contributed by atoms with Crippen LogP contribution in [-0.4, -0.2) is 194 Å². The molecule has 3 saturated heterocycles. The average Bonchev–Trinajstić information content (AvgIpc) is 1.84. The van der Waals surface area contributed by atoms with Crippen LogP contribution in [0.15, 0.2) is 54.6 Å². The topological polar surface area (TPSA) is 324 Å². The molecule has 9 fully saturated rings. The number of rotatable bonds is 12. The molecule has 144 heavy (non-hydrogen) atoms. The summed E-state index contributed by atoms with van der Waals surface area (Å²) in [5.74, 6) is -15.0. The van der Waals surface area contributed by atoms with Gasteiger partial charge in [0.15, 0.2) is 17.1 Å². The van der Waals surface area contributed by atoms with E-state index in [1.807, 2.05) is 27.7 Å². The summed E-state index contributed by atoms with van der Waals surface area (Å²) < 4.78 is 149. The molecule has 783 valence electrons. The molecule has 3 aromatic heterocycles. The van der Waals surface area contributed by atoms with Crippen molar-refractivity contribution in [2.24, 2.45) is 69.5 Å². The maximum atomic E-state index is 16.1. The van der Waals surface area contributed by atoms with Crippen molar-refractivity contribution < 1.29 is 168 Å². The number of hydrogen-bond donors (Lipinski definition) is 0. The molecule has 0 spiro atoms. The first kappa shape index (κ1) is 113. The van der Waals surface area contributed by atoms with Crippen molar-refractivity contribution in [1.82, 2.24) is 44.6 Å². The number of nitrogens with zero attached hydrogens (tertiary/aromatic N) is 9. The Morgan fingerprint density at radius 3 is 1.01 bits per heavy atom. The van der Waals surface area contributed by atoms with Crippen LogP contribution in [0.25, 0.3) is 33.1 Å². The zero-order chi connectivity index (χ0) is 100. The summed E-state index contributed by atoms with van der Waals surface area (Å²) in [5, 5.41) is 0. The molecule has 12 aliphatic rings. The van der Waals surface area contributed by atoms with Crippen LogP contribution in [0.4, 0.5) is 26.3 Å². The van der Waals surface area contributed by atoms with Gasteiger partial charge < -0.3 is 71.7 Å². The number of carbonyl (C=O) groups is 6. The first-order chi connectivity index (χ1) is 67.5. The molecule has 18 rings (SSSR count). The second-order valence-corrected chi connectivity index (χ2v) is 43.2. The summed E-state index contributed by atoms with van der Waals surface area (Å²) >= 11 is 0. The minimum absolute atomic E-state index is 0. The van der Waals surface area contributed by atoms with E-state index < -0.39 is 166 Å². The molecular weight excluding hydrogens is 1980 g/mol. The fourth-order valence-corrected chi connectivity index (χ4v) is 25.0. The van der Waals surface area contributed by atoms with E-state index in [4.69, 9.17) is 42.6 Å². The third-order valence-electron chi connectivity index (χ3n) is 33.9. The molecule has 6 bridgehead atoms. The number of halogens is 6. The molecule has 3 aromatic carbocycles. The van der Waals surface area contributed by atoms with Crippen LogP contribution in [0.5, 0.6) is 34.9 Å². The van der Waals surface area contributed by atoms with E-state index in [0.717, 1.165) is 116 Å². The average molecular weight is 2120 g/mol. The molecular formula is C108H138F6N9O18V3-3. The van der Waals surface area contributed by atoms with Crippen LogP contribution in [0.1, 0.15) is 310 Å². The van der Waals surface area contributed by atoms with Gasteiger partial charge in [-0.3, -0.25) is 28.8 Å². The van der Waals surface area contributed by atoms with Crippen molar-refractivity contribution in [3.05, 3.63) is 71.7 Å². The summed E-state index contributed by atoms with van der Waals surface area (Å²) in [6.45, 7) is 13.6. The molecule has 36 heteroatoms. The van der Waals surface area contributed by atoms with E-state index in [0.29, 0.717) is 104 Å². The summed E-state index contributed by atoms with van der Waals surface area (Å²) in [6.07, 6.45) is 24.8. The van der Waals surface area contributed by atoms with Crippen LogP contribution in [-0.2, 0) is 131 Å². The van der Waals surface area contributed by atoms with E-state index in [2.05, 4.69) is 69.5 Å². The standard InChI is InChI=1S/C37H48F2N3O6.C36H46F2N3O6.C35H44F2N3O6.3V/c1-4-25-29(22-43)42-21-31(25)48-34-33(40-27-15-14-24(46-3)19-28(27)41-34)37(38,39)18-9-6-11-23-12-10-13-30(23)47-32(44)20-26(35(42)45)36(2)16-7-5-8-17-36;1-5-24-28(21-42)41-20-29(24)46-32-31(39-26-13-12-23(45-4)17-27(26)40-32)36(37,38)16-10-7-11-22-19-35(22,3)47-30(43)18-25(33(41)44)34(2)14-8-6-9-15-34;1-4-23-27(20-41)40-19-29(23)46-32-31(38-25-12-11-22(44-3)17-26(25)39-32)35(36,37)15-9-6-10-21-16-28(21)45-30(42)18-24(33(40)43)34(2)13-7-5-8-14-34;;;/h14-15,19,23,25-26,29-31H,4-13,16-18,20-21H2,1-3H3;12-13,17,22,24-25,28-29H,5-11,14-16,18-20H2,1-4H3;11-12,17,21,23-24,27-29H,4-10,13-16,18-19H2,1-3H3;;;/q3*-1;;;/t23-,25+,26-,29-,30-,31+;22-,24+,25-,28-,29+,35-;21-,23+,24-,27-,28-,29+;;;/m111.../s1. The Morgan fingerprint density at radius 2 is 0.674 bits per heavy atom. The summed E-state index contributed by atoms with van der Waals surface area (Å²) in [4.78, 5) is 153. The van der Waals surface area contributed by atoms with E-state index in [1.165, 1.54) is 36.0 Å². The number of carbonyl (C=O) groups excluding carboxylic acids is 9. The first-order valence-electron chi connectivity index (χ1n) is 51.9. The van der Waals surface area contributed by atoms with Crippen molar-refractivity contribution in [3.8, 4) is 34.9 Å². The monoisotopic (exact) mass is 2120 g/mol. The number of alkyl halides is 6. The smallest absolute Gasteiger partial charge is 0.307 e. The Balaban J connectivity index is 0.000000179. The van der Waals surface area contributed by atoms with E-state index >= 15 is 26.3 Å². The Morgan fingerprint density at radius 1 is 0.361 bits per heavy atom. The van der Waals surface area contributed by atoms with Gasteiger partial charge in [-0.25, -0.2) is 48.8 Å². The second kappa shape index (κ2) is 47.7. The fraction of sp³-hybridized carbons (Fsp3) is 0.694. The normalized spacial score (nSPS) is 31.1. The van der Waals surface area contributed by atoms with Crippen molar-refractivity contribution >= 4 is 87.6 Å². The number of ether oxygens (including phenoxy) is 9. The number of amides is 3. The molecule has 3 amide bonds. The number of methoxy groups -OCH3 is 3. The van der Waals surface area contributed by atoms with Crippen LogP contribution in [0.2, 0.25) is 0 Å². The van der Waals surface area contributed by atoms with Gasteiger partial charge in [-0.2, -0.15) is 26.3 Å². The van der Waals surface area contributed by atoms with E-state index in [-0.39, 0.29) is 196 Å². The third kappa shape index (κ3) is 24.7. The molecule has 3 radical (unpaired) electrons. The first-order valence-corrected chi connectivity index (χ1v) is 51.9. The Hall–Kier alpha value is -8.36. The van der Waals surface area contributed by atoms with Crippen molar-refractivity contribution in [3.63, 3.8) is 0 Å². The largest absolute Gasteiger partial charge is 0.540 e. The van der Waals surface area contributed by atoms with E-state index in [1.54, 1.807) is 54.6 Å². The maximum absolute atomic E-state index is 16.1. The fourth-order valence-electron chi connectivity index (χ4n) is 25.0. The summed E-state index contributed by atoms with van der Waals surface area (Å²) in [6, 6.07) is 11.7. The minimum Gasteiger partial charge on any atom is -0.540 e. The second-order valence-electron chi connectivity index (χ2n) is 43.2. The molecule has 0 unspecified atom stereocenters. The SMILES string of the molecule is CC[C@@H]1[C@@H]2CN(C(=O)[C@H](C3(C)CCCCC3)CC(=O)O[C@@H]3CCC[C@H]3CCCCC(F)(F)c3nc4ccc(OC)cc4nc3O2)[C@@H]1[C-]=O.CC[C@@H]1[C@@H]2CN(C(=O)[C@H](C3(C)CCCCC3)CC(=O)O[C@@H]3C[C@H]3CCCCC(F)(F)c3nc4ccc(OC)cc4nc3O2)[C@@H]1[C-]=O.CC[C@@H]1[C@@H]2CN(C(=O)[C@H](C3(C)CCCCC3)CC(=O)O[C@]3(C)C[C@H]3CCCCC(F)(F)c3nc4ccc(OC)cc4nc3O2)[C@@H]1[C-]=O.[V].[V].[V]. The van der Waals surface area contributed by atoms with E-state index in [9.17, 15) is 43.2 Å². The van der Waals surface area contributed by atoms with Gasteiger partial charge in [0.2, 0.25) is 35.4 Å². The number of benzene rings is 3. The molecule has 27 nitrogen and oxygen atoms in total. The van der Waals surface area contributed by atoms with Crippen LogP contribution in [0, 0.1) is 69.5 Å². The number of fused-ring (bicyclic) bond motifs is 15. The van der Waals surface area contributed by atoms with Gasteiger partial charge in [-0.15, -0.1) is 0 Å². The Labute approximate surface area is 875 Å². The van der Waals surface area contributed by atoms with Crippen molar-refractivity contribution in [2.75, 3.05) is 41.0 Å². The van der Waals surface area contributed by atoms with Crippen molar-refractivity contribution in [2.45, 2.75) is 364 Å². The molecule has 6 aromatic rings. The molecule has 6 aliphatic heterocycles. The summed E-state index contributed by atoms with van der Waals surface area (Å²) in [7, 11) is 4.52. The molecule has 6 saturated carbocycles. The van der Waals surface area contributed by atoms with Gasteiger partial charge in [0.05, 0.1) is 111 Å². The zero-order valence-corrected chi connectivity index (χ0v) is 88.7. The molecule has 18 atom stereocenters. The minimum atomic E-state index is -3.35. The zero-order valence-electron chi connectivity index (χ0n) is 84.5. The van der Waals surface area contributed by atoms with Crippen LogP contribution >= 0.6 is 0 Å². The predicted octanol–water partition coefficient (Wildman–Crippen LogP) is 20.1. The quantitative estimate of drug-likeness (QED) is 0.0475.